The Morgan fingerprint density at radius 1 is 1.08 bits per heavy atom. The highest BCUT2D eigenvalue weighted by Crippen LogP contribution is 2.17. The first-order valence-corrected chi connectivity index (χ1v) is 11.1. The number of sulfonamides is 1. The van der Waals surface area contributed by atoms with Crippen molar-refractivity contribution in [1.29, 1.82) is 0 Å². The Labute approximate surface area is 157 Å². The van der Waals surface area contributed by atoms with Crippen LogP contribution in [0.3, 0.4) is 0 Å². The third-order valence-corrected chi connectivity index (χ3v) is 6.94. The van der Waals surface area contributed by atoms with Crippen molar-refractivity contribution in [2.24, 2.45) is 5.92 Å². The smallest absolute Gasteiger partial charge is 0.223 e. The molecular weight excluding hydrogens is 350 g/mol. The van der Waals surface area contributed by atoms with Gasteiger partial charge in [0.15, 0.2) is 0 Å². The average Bonchev–Trinajstić information content (AvgIpc) is 2.67. The number of amides is 1. The first-order chi connectivity index (χ1) is 12.5. The second-order valence-corrected chi connectivity index (χ2v) is 8.78. The summed E-state index contributed by atoms with van der Waals surface area (Å²) in [7, 11) is -3.26. The lowest BCUT2D eigenvalue weighted by Gasteiger charge is -2.35. The normalized spacial score (nSPS) is 16.0. The van der Waals surface area contributed by atoms with Gasteiger partial charge in [0.1, 0.15) is 0 Å². The molecule has 0 unspecified atom stereocenters. The van der Waals surface area contributed by atoms with E-state index in [9.17, 15) is 13.2 Å². The summed E-state index contributed by atoms with van der Waals surface area (Å²) in [5, 5.41) is 2.86. The third kappa shape index (κ3) is 5.71. The molecule has 1 saturated heterocycles. The molecule has 2 rings (SSSR count). The Morgan fingerprint density at radius 2 is 1.69 bits per heavy atom. The van der Waals surface area contributed by atoms with Crippen LogP contribution in [0, 0.1) is 5.92 Å². The van der Waals surface area contributed by atoms with E-state index in [2.05, 4.69) is 10.2 Å². The highest BCUT2D eigenvalue weighted by atomic mass is 32.2. The van der Waals surface area contributed by atoms with Crippen LogP contribution in [0.5, 0.6) is 0 Å². The van der Waals surface area contributed by atoms with Gasteiger partial charge in [0.05, 0.1) is 5.75 Å². The molecule has 0 aliphatic carbocycles. The van der Waals surface area contributed by atoms with Crippen molar-refractivity contribution in [1.82, 2.24) is 9.62 Å². The van der Waals surface area contributed by atoms with Gasteiger partial charge in [0.2, 0.25) is 15.9 Å². The lowest BCUT2D eigenvalue weighted by molar-refractivity contribution is -0.125. The van der Waals surface area contributed by atoms with E-state index in [4.69, 9.17) is 0 Å². The minimum Gasteiger partial charge on any atom is -0.369 e. The maximum absolute atomic E-state index is 12.5. The molecule has 1 N–H and O–H groups in total. The van der Waals surface area contributed by atoms with Crippen LogP contribution in [-0.2, 0) is 14.8 Å². The SMILES string of the molecule is CCC(CC)C(=O)NCCCS(=O)(=O)N1CCN(c2ccccc2)CC1. The zero-order valence-corrected chi connectivity index (χ0v) is 16.7. The van der Waals surface area contributed by atoms with Gasteiger partial charge < -0.3 is 10.2 Å². The van der Waals surface area contributed by atoms with Gasteiger partial charge in [-0.25, -0.2) is 8.42 Å². The summed E-state index contributed by atoms with van der Waals surface area (Å²) >= 11 is 0. The Balaban J connectivity index is 1.74. The maximum Gasteiger partial charge on any atom is 0.223 e. The number of hydrogen-bond donors (Lipinski definition) is 1. The molecule has 26 heavy (non-hydrogen) atoms. The molecule has 1 aliphatic rings. The first-order valence-electron chi connectivity index (χ1n) is 9.53. The molecule has 0 radical (unpaired) electrons. The number of nitrogens with one attached hydrogen (secondary N) is 1. The Morgan fingerprint density at radius 3 is 2.27 bits per heavy atom. The van der Waals surface area contributed by atoms with Gasteiger partial charge in [-0.2, -0.15) is 4.31 Å². The molecule has 1 aromatic carbocycles. The van der Waals surface area contributed by atoms with Crippen LogP contribution in [-0.4, -0.2) is 57.1 Å². The molecule has 1 aliphatic heterocycles. The van der Waals surface area contributed by atoms with Crippen LogP contribution in [0.15, 0.2) is 30.3 Å². The van der Waals surface area contributed by atoms with Crippen LogP contribution in [0.4, 0.5) is 5.69 Å². The van der Waals surface area contributed by atoms with Crippen LogP contribution >= 0.6 is 0 Å². The zero-order chi connectivity index (χ0) is 19.0. The summed E-state index contributed by atoms with van der Waals surface area (Å²) in [6, 6.07) is 10.1. The number of nitrogens with zero attached hydrogens (tertiary/aromatic N) is 2. The summed E-state index contributed by atoms with van der Waals surface area (Å²) in [6.45, 7) is 6.83. The van der Waals surface area contributed by atoms with E-state index in [1.54, 1.807) is 4.31 Å². The van der Waals surface area contributed by atoms with Crippen LogP contribution < -0.4 is 10.2 Å². The number of para-hydroxylation sites is 1. The van der Waals surface area contributed by atoms with Gasteiger partial charge in [-0.05, 0) is 31.4 Å². The molecule has 0 aromatic heterocycles. The fraction of sp³-hybridized carbons (Fsp3) is 0.632. The van der Waals surface area contributed by atoms with Crippen molar-refractivity contribution >= 4 is 21.6 Å². The number of rotatable bonds is 9. The molecule has 0 bridgehead atoms. The van der Waals surface area contributed by atoms with Gasteiger partial charge in [0.25, 0.3) is 0 Å². The summed E-state index contributed by atoms with van der Waals surface area (Å²) in [6.07, 6.45) is 2.08. The highest BCUT2D eigenvalue weighted by molar-refractivity contribution is 7.89. The van der Waals surface area contributed by atoms with Crippen molar-refractivity contribution in [3.63, 3.8) is 0 Å². The maximum atomic E-state index is 12.5. The predicted octanol–water partition coefficient (Wildman–Crippen LogP) is 2.08. The Kier molecular flexibility index (Phi) is 7.90. The van der Waals surface area contributed by atoms with Gasteiger partial charge in [-0.3, -0.25) is 4.79 Å². The van der Waals surface area contributed by atoms with Crippen molar-refractivity contribution in [3.05, 3.63) is 30.3 Å². The lowest BCUT2D eigenvalue weighted by Crippen LogP contribution is -2.49. The van der Waals surface area contributed by atoms with Crippen LogP contribution in [0.2, 0.25) is 0 Å². The van der Waals surface area contributed by atoms with E-state index in [1.807, 2.05) is 44.2 Å². The molecule has 146 valence electrons. The van der Waals surface area contributed by atoms with Crippen molar-refractivity contribution in [2.45, 2.75) is 33.1 Å². The fourth-order valence-electron chi connectivity index (χ4n) is 3.26. The van der Waals surface area contributed by atoms with Gasteiger partial charge in [0, 0.05) is 44.3 Å². The quantitative estimate of drug-likeness (QED) is 0.665. The van der Waals surface area contributed by atoms with E-state index in [0.29, 0.717) is 39.1 Å². The molecule has 0 atom stereocenters. The number of benzene rings is 1. The number of anilines is 1. The number of carbonyl (C=O) groups is 1. The van der Waals surface area contributed by atoms with Gasteiger partial charge >= 0.3 is 0 Å². The Hall–Kier alpha value is -1.60. The lowest BCUT2D eigenvalue weighted by atomic mass is 10.0. The molecule has 0 saturated carbocycles. The van der Waals surface area contributed by atoms with Crippen molar-refractivity contribution < 1.29 is 13.2 Å². The van der Waals surface area contributed by atoms with E-state index in [1.165, 1.54) is 0 Å². The molecular formula is C19H31N3O3S. The van der Waals surface area contributed by atoms with E-state index in [0.717, 1.165) is 18.5 Å². The largest absolute Gasteiger partial charge is 0.369 e. The standard InChI is InChI=1S/C19H31N3O3S/c1-3-17(4-2)19(23)20-11-8-16-26(24,25)22-14-12-21(13-15-22)18-9-6-5-7-10-18/h5-7,9-10,17H,3-4,8,11-16H2,1-2H3,(H,20,23). The van der Waals surface area contributed by atoms with Crippen LogP contribution in [0.1, 0.15) is 33.1 Å². The summed E-state index contributed by atoms with van der Waals surface area (Å²) in [5.41, 5.74) is 1.13. The number of hydrogen-bond acceptors (Lipinski definition) is 4. The molecule has 1 amide bonds. The molecule has 1 fully saturated rings. The van der Waals surface area contributed by atoms with Gasteiger partial charge in [-0.1, -0.05) is 32.0 Å². The summed E-state index contributed by atoms with van der Waals surface area (Å²) < 4.78 is 26.6. The number of piperazine rings is 1. The second-order valence-electron chi connectivity index (χ2n) is 6.70. The molecule has 1 heterocycles. The summed E-state index contributed by atoms with van der Waals surface area (Å²) in [4.78, 5) is 14.1. The molecule has 7 heteroatoms. The topological polar surface area (TPSA) is 69.7 Å². The fourth-order valence-corrected chi connectivity index (χ4v) is 4.75. The molecule has 1 aromatic rings. The van der Waals surface area contributed by atoms with E-state index in [-0.39, 0.29) is 17.6 Å². The highest BCUT2D eigenvalue weighted by Gasteiger charge is 2.26. The minimum absolute atomic E-state index is 0.0256. The second kappa shape index (κ2) is 9.92. The van der Waals surface area contributed by atoms with Crippen LogP contribution in [0.25, 0.3) is 0 Å². The zero-order valence-electron chi connectivity index (χ0n) is 15.9. The Bertz CT molecular complexity index is 652. The third-order valence-electron chi connectivity index (χ3n) is 4.99. The molecule has 0 spiro atoms. The van der Waals surface area contributed by atoms with Gasteiger partial charge in [-0.15, -0.1) is 0 Å². The summed E-state index contributed by atoms with van der Waals surface area (Å²) in [5.74, 6) is 0.142. The van der Waals surface area contributed by atoms with E-state index < -0.39 is 10.0 Å². The van der Waals surface area contributed by atoms with E-state index >= 15 is 0 Å². The van der Waals surface area contributed by atoms with Crippen molar-refractivity contribution in [2.75, 3.05) is 43.4 Å². The monoisotopic (exact) mass is 381 g/mol. The van der Waals surface area contributed by atoms with Crippen molar-refractivity contribution in [3.8, 4) is 0 Å². The molecule has 6 nitrogen and oxygen atoms in total. The predicted molar refractivity (Wildman–Crippen MR) is 106 cm³/mol. The average molecular weight is 382 g/mol. The number of carbonyl (C=O) groups excluding carboxylic acids is 1. The minimum atomic E-state index is -3.26. The first kappa shape index (κ1) is 20.7.